The van der Waals surface area contributed by atoms with Crippen LogP contribution in [-0.4, -0.2) is 37.3 Å². The van der Waals surface area contributed by atoms with E-state index in [0.29, 0.717) is 12.1 Å². The molecule has 0 aromatic heterocycles. The molecule has 0 bridgehead atoms. The van der Waals surface area contributed by atoms with Gasteiger partial charge >= 0.3 is 0 Å². The number of nitrogens with zero attached hydrogens (tertiary/aromatic N) is 1. The van der Waals surface area contributed by atoms with Crippen molar-refractivity contribution in [2.45, 2.75) is 44.4 Å². The van der Waals surface area contributed by atoms with Gasteiger partial charge in [-0.1, -0.05) is 42.5 Å². The first-order chi connectivity index (χ1) is 12.8. The van der Waals surface area contributed by atoms with Crippen LogP contribution >= 0.6 is 0 Å². The van der Waals surface area contributed by atoms with Crippen molar-refractivity contribution in [3.05, 3.63) is 65.7 Å². The molecule has 0 N–H and O–H groups in total. The van der Waals surface area contributed by atoms with Gasteiger partial charge in [-0.3, -0.25) is 4.90 Å². The first-order valence-electron chi connectivity index (χ1n) is 9.84. The predicted octanol–water partition coefficient (Wildman–Crippen LogP) is 4.31. The third kappa shape index (κ3) is 4.46. The highest BCUT2D eigenvalue weighted by Crippen LogP contribution is 2.32. The maximum Gasteiger partial charge on any atom is 0.119 e. The van der Waals surface area contributed by atoms with E-state index in [2.05, 4.69) is 53.4 Å². The molecule has 2 aromatic carbocycles. The van der Waals surface area contributed by atoms with E-state index in [1.807, 2.05) is 6.07 Å². The Balaban J connectivity index is 1.47. The molecule has 1 aliphatic heterocycles. The Hall–Kier alpha value is -1.84. The lowest BCUT2D eigenvalue weighted by atomic mass is 10.0. The average Bonchev–Trinajstić information content (AvgIpc) is 3.45. The molecule has 3 nitrogen and oxygen atoms in total. The molecule has 4 rings (SSSR count). The molecule has 2 atom stereocenters. The lowest BCUT2D eigenvalue weighted by Crippen LogP contribution is -2.38. The summed E-state index contributed by atoms with van der Waals surface area (Å²) in [6, 6.07) is 19.7. The molecule has 0 amide bonds. The van der Waals surface area contributed by atoms with E-state index >= 15 is 0 Å². The van der Waals surface area contributed by atoms with Gasteiger partial charge in [-0.2, -0.15) is 0 Å². The normalized spacial score (nSPS) is 23.3. The van der Waals surface area contributed by atoms with Crippen molar-refractivity contribution in [2.24, 2.45) is 5.92 Å². The van der Waals surface area contributed by atoms with E-state index in [4.69, 9.17) is 9.47 Å². The molecular weight excluding hydrogens is 322 g/mol. The van der Waals surface area contributed by atoms with Crippen LogP contribution in [0.2, 0.25) is 0 Å². The number of hydrogen-bond acceptors (Lipinski definition) is 3. The molecule has 26 heavy (non-hydrogen) atoms. The standard InChI is InChI=1S/C23H29NO2/c1-25-21-9-5-8-20(14-21)16-24-13-12-23(26-17-19-10-11-19)22(24)15-18-6-3-2-4-7-18/h2-9,14,19,22-23H,10-13,15-17H2,1H3/t22-,23+/m0/s1. The fraction of sp³-hybridized carbons (Fsp3) is 0.478. The second kappa shape index (κ2) is 8.24. The molecule has 1 saturated carbocycles. The van der Waals surface area contributed by atoms with Gasteiger partial charge in [0.05, 0.1) is 13.2 Å². The van der Waals surface area contributed by atoms with Crippen molar-refractivity contribution in [1.82, 2.24) is 4.90 Å². The summed E-state index contributed by atoms with van der Waals surface area (Å²) >= 11 is 0. The number of methoxy groups -OCH3 is 1. The van der Waals surface area contributed by atoms with Crippen LogP contribution in [0.5, 0.6) is 5.75 Å². The van der Waals surface area contributed by atoms with E-state index < -0.39 is 0 Å². The first-order valence-corrected chi connectivity index (χ1v) is 9.84. The van der Waals surface area contributed by atoms with E-state index in [0.717, 1.165) is 44.2 Å². The Bertz CT molecular complexity index is 698. The summed E-state index contributed by atoms with van der Waals surface area (Å²) < 4.78 is 11.7. The molecule has 0 radical (unpaired) electrons. The van der Waals surface area contributed by atoms with Gasteiger partial charge in [0.15, 0.2) is 0 Å². The van der Waals surface area contributed by atoms with Crippen LogP contribution in [0.25, 0.3) is 0 Å². The van der Waals surface area contributed by atoms with Gasteiger partial charge in [-0.25, -0.2) is 0 Å². The highest BCUT2D eigenvalue weighted by Gasteiger charge is 2.36. The van der Waals surface area contributed by atoms with Crippen LogP contribution in [-0.2, 0) is 17.7 Å². The Kier molecular flexibility index (Phi) is 5.57. The zero-order chi connectivity index (χ0) is 17.8. The molecule has 1 saturated heterocycles. The van der Waals surface area contributed by atoms with E-state index in [1.54, 1.807) is 7.11 Å². The first kappa shape index (κ1) is 17.6. The van der Waals surface area contributed by atoms with E-state index in [-0.39, 0.29) is 0 Å². The molecular formula is C23H29NO2. The van der Waals surface area contributed by atoms with Crippen LogP contribution in [0.3, 0.4) is 0 Å². The third-order valence-corrected chi connectivity index (χ3v) is 5.65. The minimum absolute atomic E-state index is 0.349. The predicted molar refractivity (Wildman–Crippen MR) is 104 cm³/mol. The summed E-state index contributed by atoms with van der Waals surface area (Å²) in [5.41, 5.74) is 2.71. The van der Waals surface area contributed by atoms with Gasteiger partial charge in [0, 0.05) is 25.7 Å². The van der Waals surface area contributed by atoms with E-state index in [1.165, 1.54) is 24.0 Å². The lowest BCUT2D eigenvalue weighted by Gasteiger charge is -2.28. The SMILES string of the molecule is COc1cccc(CN2CC[C@@H](OCC3CC3)[C@@H]2Cc2ccccc2)c1. The number of likely N-dealkylation sites (tertiary alicyclic amines) is 1. The second-order valence-corrected chi connectivity index (χ2v) is 7.68. The second-order valence-electron chi connectivity index (χ2n) is 7.68. The fourth-order valence-electron chi connectivity index (χ4n) is 3.94. The highest BCUT2D eigenvalue weighted by molar-refractivity contribution is 5.28. The van der Waals surface area contributed by atoms with Crippen molar-refractivity contribution in [3.63, 3.8) is 0 Å². The smallest absolute Gasteiger partial charge is 0.119 e. The monoisotopic (exact) mass is 351 g/mol. The van der Waals surface area contributed by atoms with Crippen molar-refractivity contribution >= 4 is 0 Å². The molecule has 3 heteroatoms. The van der Waals surface area contributed by atoms with Gasteiger partial charge in [-0.05, 0) is 54.9 Å². The molecule has 1 aliphatic carbocycles. The van der Waals surface area contributed by atoms with Gasteiger partial charge in [0.25, 0.3) is 0 Å². The summed E-state index contributed by atoms with van der Waals surface area (Å²) in [4.78, 5) is 2.60. The molecule has 2 aliphatic rings. The lowest BCUT2D eigenvalue weighted by molar-refractivity contribution is 0.0196. The summed E-state index contributed by atoms with van der Waals surface area (Å²) in [7, 11) is 1.73. The molecule has 2 aromatic rings. The Morgan fingerprint density at radius 3 is 2.54 bits per heavy atom. The number of benzene rings is 2. The number of ether oxygens (including phenoxy) is 2. The third-order valence-electron chi connectivity index (χ3n) is 5.65. The van der Waals surface area contributed by atoms with Crippen LogP contribution < -0.4 is 4.74 Å². The molecule has 2 fully saturated rings. The van der Waals surface area contributed by atoms with Gasteiger partial charge in [-0.15, -0.1) is 0 Å². The Labute approximate surface area is 156 Å². The highest BCUT2D eigenvalue weighted by atomic mass is 16.5. The van der Waals surface area contributed by atoms with Gasteiger partial charge in [0.2, 0.25) is 0 Å². The number of rotatable bonds is 8. The summed E-state index contributed by atoms with van der Waals surface area (Å²) in [5, 5.41) is 0. The number of hydrogen-bond donors (Lipinski definition) is 0. The Morgan fingerprint density at radius 2 is 1.77 bits per heavy atom. The summed E-state index contributed by atoms with van der Waals surface area (Å²) in [6.07, 6.45) is 5.24. The van der Waals surface area contributed by atoms with Crippen molar-refractivity contribution < 1.29 is 9.47 Å². The molecule has 0 unspecified atom stereocenters. The topological polar surface area (TPSA) is 21.7 Å². The van der Waals surface area contributed by atoms with Crippen molar-refractivity contribution in [3.8, 4) is 5.75 Å². The fourth-order valence-corrected chi connectivity index (χ4v) is 3.94. The maximum absolute atomic E-state index is 6.36. The van der Waals surface area contributed by atoms with Gasteiger partial charge < -0.3 is 9.47 Å². The minimum atomic E-state index is 0.349. The van der Waals surface area contributed by atoms with Crippen LogP contribution in [0.4, 0.5) is 0 Å². The van der Waals surface area contributed by atoms with Crippen molar-refractivity contribution in [1.29, 1.82) is 0 Å². The maximum atomic E-state index is 6.36. The van der Waals surface area contributed by atoms with Crippen molar-refractivity contribution in [2.75, 3.05) is 20.3 Å². The largest absolute Gasteiger partial charge is 0.497 e. The van der Waals surface area contributed by atoms with Crippen LogP contribution in [0.15, 0.2) is 54.6 Å². The zero-order valence-electron chi connectivity index (χ0n) is 15.6. The average molecular weight is 351 g/mol. The van der Waals surface area contributed by atoms with Crippen LogP contribution in [0, 0.1) is 5.92 Å². The quantitative estimate of drug-likeness (QED) is 0.707. The van der Waals surface area contributed by atoms with Gasteiger partial charge in [0.1, 0.15) is 5.75 Å². The Morgan fingerprint density at radius 1 is 0.962 bits per heavy atom. The molecule has 138 valence electrons. The molecule has 1 heterocycles. The summed E-state index contributed by atoms with van der Waals surface area (Å²) in [5.74, 6) is 1.75. The minimum Gasteiger partial charge on any atom is -0.497 e. The van der Waals surface area contributed by atoms with Crippen LogP contribution in [0.1, 0.15) is 30.4 Å². The molecule has 0 spiro atoms. The van der Waals surface area contributed by atoms with E-state index in [9.17, 15) is 0 Å². The zero-order valence-corrected chi connectivity index (χ0v) is 15.6. The summed E-state index contributed by atoms with van der Waals surface area (Å²) in [6.45, 7) is 3.00.